The molecule has 1 atom stereocenters. The van der Waals surface area contributed by atoms with Gasteiger partial charge >= 0.3 is 0 Å². The van der Waals surface area contributed by atoms with E-state index in [1.165, 1.54) is 0 Å². The summed E-state index contributed by atoms with van der Waals surface area (Å²) in [6, 6.07) is 16.7. The second-order valence-electron chi connectivity index (χ2n) is 7.25. The molecule has 1 unspecified atom stereocenters. The molecule has 2 amide bonds. The lowest BCUT2D eigenvalue weighted by atomic mass is 10.2. The minimum absolute atomic E-state index is 0.0239. The predicted octanol–water partition coefficient (Wildman–Crippen LogP) is 2.60. The van der Waals surface area contributed by atoms with E-state index in [9.17, 15) is 9.59 Å². The third-order valence-corrected chi connectivity index (χ3v) is 5.40. The van der Waals surface area contributed by atoms with Crippen LogP contribution in [-0.4, -0.2) is 60.4 Å². The Morgan fingerprint density at radius 1 is 1.00 bits per heavy atom. The molecule has 1 aliphatic heterocycles. The number of hydrogen-bond donors (Lipinski definition) is 2. The van der Waals surface area contributed by atoms with Crippen molar-refractivity contribution in [2.75, 3.05) is 38.0 Å². The summed E-state index contributed by atoms with van der Waals surface area (Å²) in [5, 5.41) is 6.53. The van der Waals surface area contributed by atoms with E-state index >= 15 is 0 Å². The van der Waals surface area contributed by atoms with E-state index in [-0.39, 0.29) is 17.9 Å². The monoisotopic (exact) mass is 414 g/mol. The summed E-state index contributed by atoms with van der Waals surface area (Å²) in [6.07, 6.45) is 0. The van der Waals surface area contributed by atoms with Gasteiger partial charge in [0.05, 0.1) is 12.6 Å². The molecule has 1 heterocycles. The molecule has 2 aromatic carbocycles. The molecule has 0 aromatic heterocycles. The quantitative estimate of drug-likeness (QED) is 0.731. The standard InChI is InChI=1S/C22H27ClN4O2/c1-17(22(29)25-20-9-7-19(23)8-10-20)27-13-11-26(12-14-27)16-21(28)24-15-18-5-3-2-4-6-18/h2-10,17H,11-16H2,1H3,(H,24,28)(H,25,29). The summed E-state index contributed by atoms with van der Waals surface area (Å²) >= 11 is 5.88. The van der Waals surface area contributed by atoms with E-state index < -0.39 is 0 Å². The van der Waals surface area contributed by atoms with Crippen LogP contribution in [0.3, 0.4) is 0 Å². The van der Waals surface area contributed by atoms with Crippen LogP contribution in [0.2, 0.25) is 5.02 Å². The normalized spacial score (nSPS) is 16.2. The molecular formula is C22H27ClN4O2. The van der Waals surface area contributed by atoms with Crippen LogP contribution in [0.1, 0.15) is 12.5 Å². The zero-order chi connectivity index (χ0) is 20.6. The van der Waals surface area contributed by atoms with E-state index in [2.05, 4.69) is 20.4 Å². The smallest absolute Gasteiger partial charge is 0.241 e. The number of nitrogens with zero attached hydrogens (tertiary/aromatic N) is 2. The van der Waals surface area contributed by atoms with Gasteiger partial charge in [-0.2, -0.15) is 0 Å². The van der Waals surface area contributed by atoms with Gasteiger partial charge in [-0.05, 0) is 36.8 Å². The summed E-state index contributed by atoms with van der Waals surface area (Å²) in [6.45, 7) is 5.86. The lowest BCUT2D eigenvalue weighted by Crippen LogP contribution is -2.54. The molecule has 0 radical (unpaired) electrons. The number of carbonyl (C=O) groups is 2. The first-order chi connectivity index (χ1) is 14.0. The summed E-state index contributed by atoms with van der Waals surface area (Å²) in [4.78, 5) is 29.0. The average Bonchev–Trinajstić information content (AvgIpc) is 2.74. The van der Waals surface area contributed by atoms with Gasteiger partial charge in [0.2, 0.25) is 11.8 Å². The fourth-order valence-electron chi connectivity index (χ4n) is 3.31. The van der Waals surface area contributed by atoms with Crippen LogP contribution in [0.15, 0.2) is 54.6 Å². The highest BCUT2D eigenvalue weighted by molar-refractivity contribution is 6.30. The van der Waals surface area contributed by atoms with Crippen LogP contribution in [0.25, 0.3) is 0 Å². The van der Waals surface area contributed by atoms with Gasteiger partial charge < -0.3 is 10.6 Å². The first-order valence-electron chi connectivity index (χ1n) is 9.85. The van der Waals surface area contributed by atoms with E-state index in [0.717, 1.165) is 37.4 Å². The van der Waals surface area contributed by atoms with Crippen molar-refractivity contribution in [2.24, 2.45) is 0 Å². The molecule has 1 saturated heterocycles. The molecule has 154 valence electrons. The van der Waals surface area contributed by atoms with Gasteiger partial charge in [-0.1, -0.05) is 41.9 Å². The number of carbonyl (C=O) groups excluding carboxylic acids is 2. The van der Waals surface area contributed by atoms with Crippen molar-refractivity contribution in [3.63, 3.8) is 0 Å². The highest BCUT2D eigenvalue weighted by Gasteiger charge is 2.26. The first-order valence-corrected chi connectivity index (χ1v) is 10.2. The fourth-order valence-corrected chi connectivity index (χ4v) is 3.44. The van der Waals surface area contributed by atoms with Gasteiger partial charge in [0, 0.05) is 43.4 Å². The number of hydrogen-bond acceptors (Lipinski definition) is 4. The molecule has 0 spiro atoms. The van der Waals surface area contributed by atoms with Gasteiger partial charge in [0.1, 0.15) is 0 Å². The number of rotatable bonds is 7. The molecule has 6 nitrogen and oxygen atoms in total. The molecular weight excluding hydrogens is 388 g/mol. The second kappa shape index (κ2) is 10.4. The van der Waals surface area contributed by atoms with Crippen LogP contribution in [0, 0.1) is 0 Å². The van der Waals surface area contributed by atoms with E-state index in [4.69, 9.17) is 11.6 Å². The molecule has 1 fully saturated rings. The number of halogens is 1. The van der Waals surface area contributed by atoms with Gasteiger partial charge in [-0.3, -0.25) is 19.4 Å². The molecule has 7 heteroatoms. The van der Waals surface area contributed by atoms with E-state index in [1.807, 2.05) is 37.3 Å². The maximum Gasteiger partial charge on any atom is 0.241 e. The van der Waals surface area contributed by atoms with Crippen LogP contribution in [0.4, 0.5) is 5.69 Å². The minimum Gasteiger partial charge on any atom is -0.351 e. The Labute approximate surface area is 176 Å². The van der Waals surface area contributed by atoms with Crippen LogP contribution in [-0.2, 0) is 16.1 Å². The number of amides is 2. The highest BCUT2D eigenvalue weighted by atomic mass is 35.5. The minimum atomic E-state index is -0.236. The average molecular weight is 415 g/mol. The summed E-state index contributed by atoms with van der Waals surface area (Å²) in [5.41, 5.74) is 1.83. The molecule has 29 heavy (non-hydrogen) atoms. The second-order valence-corrected chi connectivity index (χ2v) is 7.68. The Kier molecular flexibility index (Phi) is 7.63. The van der Waals surface area contributed by atoms with Gasteiger partial charge in [0.15, 0.2) is 0 Å². The highest BCUT2D eigenvalue weighted by Crippen LogP contribution is 2.15. The third kappa shape index (κ3) is 6.56. The largest absolute Gasteiger partial charge is 0.351 e. The van der Waals surface area contributed by atoms with Crippen molar-refractivity contribution >= 4 is 29.1 Å². The fraction of sp³-hybridized carbons (Fsp3) is 0.364. The summed E-state index contributed by atoms with van der Waals surface area (Å²) < 4.78 is 0. The number of anilines is 1. The Morgan fingerprint density at radius 3 is 2.31 bits per heavy atom. The molecule has 0 bridgehead atoms. The maximum atomic E-state index is 12.5. The summed E-state index contributed by atoms with van der Waals surface area (Å²) in [7, 11) is 0. The van der Waals surface area contributed by atoms with Crippen molar-refractivity contribution < 1.29 is 9.59 Å². The van der Waals surface area contributed by atoms with Crippen molar-refractivity contribution in [1.29, 1.82) is 0 Å². The first kappa shape index (κ1) is 21.3. The maximum absolute atomic E-state index is 12.5. The van der Waals surface area contributed by atoms with Gasteiger partial charge in [-0.25, -0.2) is 0 Å². The SMILES string of the molecule is CC(C(=O)Nc1ccc(Cl)cc1)N1CCN(CC(=O)NCc2ccccc2)CC1. The van der Waals surface area contributed by atoms with Crippen LogP contribution < -0.4 is 10.6 Å². The molecule has 0 aliphatic carbocycles. The van der Waals surface area contributed by atoms with Crippen molar-refractivity contribution in [1.82, 2.24) is 15.1 Å². The molecule has 2 aromatic rings. The van der Waals surface area contributed by atoms with Crippen molar-refractivity contribution in [2.45, 2.75) is 19.5 Å². The lowest BCUT2D eigenvalue weighted by molar-refractivity contribution is -0.124. The Balaban J connectivity index is 1.39. The van der Waals surface area contributed by atoms with E-state index in [1.54, 1.807) is 24.3 Å². The van der Waals surface area contributed by atoms with Gasteiger partial charge in [0.25, 0.3) is 0 Å². The van der Waals surface area contributed by atoms with Crippen LogP contribution >= 0.6 is 11.6 Å². The van der Waals surface area contributed by atoms with Crippen LogP contribution in [0.5, 0.6) is 0 Å². The van der Waals surface area contributed by atoms with Crippen molar-refractivity contribution in [3.8, 4) is 0 Å². The Bertz CT molecular complexity index is 805. The summed E-state index contributed by atoms with van der Waals surface area (Å²) in [5.74, 6) is -0.0165. The topological polar surface area (TPSA) is 64.7 Å². The Hall–Kier alpha value is -2.41. The lowest BCUT2D eigenvalue weighted by Gasteiger charge is -2.37. The molecule has 3 rings (SSSR count). The molecule has 2 N–H and O–H groups in total. The van der Waals surface area contributed by atoms with Gasteiger partial charge in [-0.15, -0.1) is 0 Å². The zero-order valence-corrected chi connectivity index (χ0v) is 17.4. The number of benzene rings is 2. The van der Waals surface area contributed by atoms with Crippen molar-refractivity contribution in [3.05, 3.63) is 65.2 Å². The molecule has 0 saturated carbocycles. The zero-order valence-electron chi connectivity index (χ0n) is 16.6. The number of piperazine rings is 1. The molecule has 1 aliphatic rings. The predicted molar refractivity (Wildman–Crippen MR) is 116 cm³/mol. The third-order valence-electron chi connectivity index (χ3n) is 5.15. The Morgan fingerprint density at radius 2 is 1.66 bits per heavy atom. The number of nitrogens with one attached hydrogen (secondary N) is 2. The van der Waals surface area contributed by atoms with E-state index in [0.29, 0.717) is 18.1 Å².